The summed E-state index contributed by atoms with van der Waals surface area (Å²) in [5.74, 6) is 0.687. The number of aromatic nitrogens is 1. The summed E-state index contributed by atoms with van der Waals surface area (Å²) < 4.78 is 0. The molecule has 0 amide bonds. The standard InChI is InChI=1S/C15H21N/c1-11(15(2,3)4)9-12-10-16-14-8-6-5-7-13(12)14/h5-8,10-11,16H,9H2,1-4H3/t11-/m0/s1. The fourth-order valence-electron chi connectivity index (χ4n) is 1.94. The van der Waals surface area contributed by atoms with Crippen molar-refractivity contribution in [3.63, 3.8) is 0 Å². The Morgan fingerprint density at radius 3 is 2.56 bits per heavy atom. The lowest BCUT2D eigenvalue weighted by Gasteiger charge is -2.27. The van der Waals surface area contributed by atoms with Gasteiger partial charge in [-0.15, -0.1) is 0 Å². The average Bonchev–Trinajstić information content (AvgIpc) is 2.61. The molecule has 0 aliphatic rings. The van der Waals surface area contributed by atoms with Crippen LogP contribution in [-0.4, -0.2) is 4.98 Å². The molecule has 2 aromatic rings. The van der Waals surface area contributed by atoms with Gasteiger partial charge in [-0.2, -0.15) is 0 Å². The first kappa shape index (κ1) is 11.3. The van der Waals surface area contributed by atoms with E-state index in [9.17, 15) is 0 Å². The number of benzene rings is 1. The number of rotatable bonds is 2. The van der Waals surface area contributed by atoms with Gasteiger partial charge in [0, 0.05) is 17.1 Å². The lowest BCUT2D eigenvalue weighted by Crippen LogP contribution is -2.19. The van der Waals surface area contributed by atoms with Crippen molar-refractivity contribution in [3.8, 4) is 0 Å². The molecule has 0 fully saturated rings. The minimum atomic E-state index is 0.373. The molecule has 0 aliphatic carbocycles. The Labute approximate surface area is 97.9 Å². The minimum absolute atomic E-state index is 0.373. The third-order valence-electron chi connectivity index (χ3n) is 3.68. The Morgan fingerprint density at radius 2 is 1.88 bits per heavy atom. The first-order valence-electron chi connectivity index (χ1n) is 6.03. The average molecular weight is 215 g/mol. The highest BCUT2D eigenvalue weighted by atomic mass is 14.7. The van der Waals surface area contributed by atoms with Crippen LogP contribution < -0.4 is 0 Å². The third-order valence-corrected chi connectivity index (χ3v) is 3.68. The SMILES string of the molecule is C[C@@H](Cc1c[nH]c2ccccc12)C(C)(C)C. The van der Waals surface area contributed by atoms with Gasteiger partial charge in [0.25, 0.3) is 0 Å². The summed E-state index contributed by atoms with van der Waals surface area (Å²) in [4.78, 5) is 3.34. The molecule has 0 bridgehead atoms. The van der Waals surface area contributed by atoms with Crippen LogP contribution in [0.1, 0.15) is 33.3 Å². The summed E-state index contributed by atoms with van der Waals surface area (Å²) >= 11 is 0. The summed E-state index contributed by atoms with van der Waals surface area (Å²) in [7, 11) is 0. The zero-order valence-electron chi connectivity index (χ0n) is 10.7. The topological polar surface area (TPSA) is 15.8 Å². The fourth-order valence-corrected chi connectivity index (χ4v) is 1.94. The van der Waals surface area contributed by atoms with Gasteiger partial charge >= 0.3 is 0 Å². The minimum Gasteiger partial charge on any atom is -0.361 e. The Balaban J connectivity index is 2.28. The molecule has 0 radical (unpaired) electrons. The second-order valence-corrected chi connectivity index (χ2v) is 5.83. The van der Waals surface area contributed by atoms with Crippen LogP contribution >= 0.6 is 0 Å². The Morgan fingerprint density at radius 1 is 1.19 bits per heavy atom. The predicted molar refractivity (Wildman–Crippen MR) is 70.6 cm³/mol. The second-order valence-electron chi connectivity index (χ2n) is 5.83. The molecule has 1 heteroatoms. The number of hydrogen-bond donors (Lipinski definition) is 1. The van der Waals surface area contributed by atoms with Crippen LogP contribution in [0.5, 0.6) is 0 Å². The Kier molecular flexibility index (Phi) is 2.79. The van der Waals surface area contributed by atoms with Crippen molar-refractivity contribution in [1.82, 2.24) is 4.98 Å². The number of fused-ring (bicyclic) bond motifs is 1. The van der Waals surface area contributed by atoms with Gasteiger partial charge in [-0.3, -0.25) is 0 Å². The number of aromatic amines is 1. The maximum atomic E-state index is 3.34. The highest BCUT2D eigenvalue weighted by Crippen LogP contribution is 2.30. The summed E-state index contributed by atoms with van der Waals surface area (Å²) in [6.45, 7) is 9.27. The van der Waals surface area contributed by atoms with E-state index in [2.05, 4.69) is 63.1 Å². The highest BCUT2D eigenvalue weighted by molar-refractivity contribution is 5.83. The molecule has 86 valence electrons. The molecule has 0 spiro atoms. The van der Waals surface area contributed by atoms with Crippen molar-refractivity contribution < 1.29 is 0 Å². The molecule has 0 aliphatic heterocycles. The van der Waals surface area contributed by atoms with Crippen LogP contribution in [0, 0.1) is 11.3 Å². The first-order chi connectivity index (χ1) is 7.48. The number of para-hydroxylation sites is 1. The van der Waals surface area contributed by atoms with Gasteiger partial charge in [0.2, 0.25) is 0 Å². The molecule has 1 atom stereocenters. The van der Waals surface area contributed by atoms with Gasteiger partial charge in [-0.05, 0) is 29.4 Å². The molecule has 1 aromatic carbocycles. The molecule has 1 N–H and O–H groups in total. The van der Waals surface area contributed by atoms with Crippen LogP contribution in [0.25, 0.3) is 10.9 Å². The molecule has 1 nitrogen and oxygen atoms in total. The van der Waals surface area contributed by atoms with Gasteiger partial charge < -0.3 is 4.98 Å². The molecule has 1 aromatic heterocycles. The van der Waals surface area contributed by atoms with E-state index in [0.717, 1.165) is 6.42 Å². The summed E-state index contributed by atoms with van der Waals surface area (Å²) in [5.41, 5.74) is 3.06. The van der Waals surface area contributed by atoms with E-state index in [-0.39, 0.29) is 0 Å². The first-order valence-corrected chi connectivity index (χ1v) is 6.03. The maximum Gasteiger partial charge on any atom is 0.0456 e. The molecule has 16 heavy (non-hydrogen) atoms. The lowest BCUT2D eigenvalue weighted by molar-refractivity contribution is 0.260. The second kappa shape index (κ2) is 3.97. The highest BCUT2D eigenvalue weighted by Gasteiger charge is 2.21. The quantitative estimate of drug-likeness (QED) is 0.764. The van der Waals surface area contributed by atoms with E-state index in [1.54, 1.807) is 0 Å². The smallest absolute Gasteiger partial charge is 0.0456 e. The van der Waals surface area contributed by atoms with E-state index in [1.807, 2.05) is 0 Å². The Bertz CT molecular complexity index is 473. The van der Waals surface area contributed by atoms with Crippen molar-refractivity contribution in [3.05, 3.63) is 36.0 Å². The number of hydrogen-bond acceptors (Lipinski definition) is 0. The van der Waals surface area contributed by atoms with Crippen LogP contribution in [0.15, 0.2) is 30.5 Å². The lowest BCUT2D eigenvalue weighted by atomic mass is 9.78. The van der Waals surface area contributed by atoms with E-state index >= 15 is 0 Å². The van der Waals surface area contributed by atoms with Crippen molar-refractivity contribution >= 4 is 10.9 Å². The van der Waals surface area contributed by atoms with Gasteiger partial charge in [0.05, 0.1) is 0 Å². The zero-order chi connectivity index (χ0) is 11.8. The molecule has 1 heterocycles. The van der Waals surface area contributed by atoms with Crippen molar-refractivity contribution in [2.24, 2.45) is 11.3 Å². The van der Waals surface area contributed by atoms with Gasteiger partial charge in [-0.1, -0.05) is 45.9 Å². The number of nitrogens with one attached hydrogen (secondary N) is 1. The molecular formula is C15H21N. The third kappa shape index (κ3) is 2.13. The van der Waals surface area contributed by atoms with Crippen LogP contribution in [0.3, 0.4) is 0 Å². The summed E-state index contributed by atoms with van der Waals surface area (Å²) in [6.07, 6.45) is 3.31. The molecule has 0 saturated heterocycles. The molecule has 2 rings (SSSR count). The van der Waals surface area contributed by atoms with Crippen molar-refractivity contribution in [2.75, 3.05) is 0 Å². The van der Waals surface area contributed by atoms with Crippen LogP contribution in [0.2, 0.25) is 0 Å². The van der Waals surface area contributed by atoms with Crippen LogP contribution in [-0.2, 0) is 6.42 Å². The largest absolute Gasteiger partial charge is 0.361 e. The normalized spacial score (nSPS) is 14.2. The van der Waals surface area contributed by atoms with E-state index in [4.69, 9.17) is 0 Å². The maximum absolute atomic E-state index is 3.34. The zero-order valence-corrected chi connectivity index (χ0v) is 10.7. The predicted octanol–water partition coefficient (Wildman–Crippen LogP) is 4.39. The monoisotopic (exact) mass is 215 g/mol. The van der Waals surface area contributed by atoms with E-state index < -0.39 is 0 Å². The summed E-state index contributed by atoms with van der Waals surface area (Å²) in [5, 5.41) is 1.37. The van der Waals surface area contributed by atoms with Gasteiger partial charge in [-0.25, -0.2) is 0 Å². The fraction of sp³-hybridized carbons (Fsp3) is 0.467. The van der Waals surface area contributed by atoms with Crippen molar-refractivity contribution in [1.29, 1.82) is 0 Å². The van der Waals surface area contributed by atoms with E-state index in [0.29, 0.717) is 11.3 Å². The van der Waals surface area contributed by atoms with Crippen LogP contribution in [0.4, 0.5) is 0 Å². The number of H-pyrrole nitrogens is 1. The van der Waals surface area contributed by atoms with E-state index in [1.165, 1.54) is 16.5 Å². The summed E-state index contributed by atoms with van der Waals surface area (Å²) in [6, 6.07) is 8.54. The molecule has 0 unspecified atom stereocenters. The van der Waals surface area contributed by atoms with Gasteiger partial charge in [0.1, 0.15) is 0 Å². The van der Waals surface area contributed by atoms with Gasteiger partial charge in [0.15, 0.2) is 0 Å². The van der Waals surface area contributed by atoms with Crippen molar-refractivity contribution in [2.45, 2.75) is 34.1 Å². The molecular weight excluding hydrogens is 194 g/mol. The molecule has 0 saturated carbocycles. The Hall–Kier alpha value is -1.24.